The Morgan fingerprint density at radius 3 is 2.61 bits per heavy atom. The van der Waals surface area contributed by atoms with Crippen molar-refractivity contribution >= 4 is 11.8 Å². The number of fused-ring (bicyclic) bond motifs is 1. The molecule has 1 aromatic rings. The Bertz CT molecular complexity index is 622. The van der Waals surface area contributed by atoms with Gasteiger partial charge in [0.25, 0.3) is 0 Å². The lowest BCUT2D eigenvalue weighted by molar-refractivity contribution is -0.155. The molecular weight excluding hydrogens is 301 g/mol. The van der Waals surface area contributed by atoms with Crippen LogP contribution >= 0.6 is 0 Å². The number of carbonyl (C=O) groups excluding carboxylic acids is 2. The number of carbonyl (C=O) groups is 2. The number of hydrogen-bond donors (Lipinski definition) is 1. The third-order valence-corrected chi connectivity index (χ3v) is 3.55. The van der Waals surface area contributed by atoms with Gasteiger partial charge in [0.2, 0.25) is 0 Å². The summed E-state index contributed by atoms with van der Waals surface area (Å²) in [5.74, 6) is -0.604. The molecule has 5 nitrogen and oxygen atoms in total. The van der Waals surface area contributed by atoms with Crippen molar-refractivity contribution in [1.82, 2.24) is 5.32 Å². The predicted molar refractivity (Wildman–Crippen MR) is 82.6 cm³/mol. The smallest absolute Gasteiger partial charge is 0.306 e. The molecule has 1 unspecified atom stereocenters. The number of hydrogen-bond acceptors (Lipinski definition) is 5. The monoisotopic (exact) mass is 323 g/mol. The summed E-state index contributed by atoms with van der Waals surface area (Å²) in [5.41, 5.74) is 0.479. The number of Topliss-reactive ketones (excluding diaryl/α,β-unsaturated/α-hetero) is 1. The molecule has 1 N–H and O–H groups in total. The van der Waals surface area contributed by atoms with E-state index in [9.17, 15) is 14.0 Å². The second-order valence-electron chi connectivity index (χ2n) is 6.54. The first-order valence-electron chi connectivity index (χ1n) is 7.55. The van der Waals surface area contributed by atoms with E-state index in [4.69, 9.17) is 9.47 Å². The maximum absolute atomic E-state index is 14.0. The van der Waals surface area contributed by atoms with E-state index in [0.29, 0.717) is 16.9 Å². The highest BCUT2D eigenvalue weighted by Gasteiger charge is 2.31. The third-order valence-electron chi connectivity index (χ3n) is 3.55. The van der Waals surface area contributed by atoms with Crippen LogP contribution in [0.4, 0.5) is 4.39 Å². The highest BCUT2D eigenvalue weighted by molar-refractivity contribution is 5.89. The van der Waals surface area contributed by atoms with Gasteiger partial charge in [-0.3, -0.25) is 14.9 Å². The van der Waals surface area contributed by atoms with E-state index in [1.54, 1.807) is 26.8 Å². The standard InChI is InChI=1S/C17H22FNO4/c1-17(2,3)23-15(21)6-5-14(20)16-11-7-10(22-4)8-13(18)12(11)9-19-16/h7-8,16,19H,5-6,9H2,1-4H3. The second-order valence-corrected chi connectivity index (χ2v) is 6.54. The van der Waals surface area contributed by atoms with Gasteiger partial charge in [0.1, 0.15) is 17.2 Å². The van der Waals surface area contributed by atoms with Crippen LogP contribution in [0.25, 0.3) is 0 Å². The van der Waals surface area contributed by atoms with Gasteiger partial charge < -0.3 is 9.47 Å². The number of halogens is 1. The minimum Gasteiger partial charge on any atom is -0.497 e. The van der Waals surface area contributed by atoms with Crippen molar-refractivity contribution in [3.8, 4) is 5.75 Å². The summed E-state index contributed by atoms with van der Waals surface area (Å²) in [4.78, 5) is 24.1. The molecule has 1 aliphatic rings. The Balaban J connectivity index is 2.04. The number of nitrogens with one attached hydrogen (secondary N) is 1. The highest BCUT2D eigenvalue weighted by Crippen LogP contribution is 2.32. The van der Waals surface area contributed by atoms with Gasteiger partial charge in [-0.05, 0) is 32.4 Å². The fourth-order valence-electron chi connectivity index (χ4n) is 2.56. The molecule has 0 bridgehead atoms. The maximum Gasteiger partial charge on any atom is 0.306 e. The lowest BCUT2D eigenvalue weighted by Crippen LogP contribution is -2.26. The summed E-state index contributed by atoms with van der Waals surface area (Å²) >= 11 is 0. The molecular formula is C17H22FNO4. The van der Waals surface area contributed by atoms with Crippen LogP contribution in [0.1, 0.15) is 50.8 Å². The van der Waals surface area contributed by atoms with E-state index in [1.165, 1.54) is 13.2 Å². The number of benzene rings is 1. The van der Waals surface area contributed by atoms with E-state index in [-0.39, 0.29) is 25.2 Å². The van der Waals surface area contributed by atoms with Crippen LogP contribution in [-0.2, 0) is 20.9 Å². The van der Waals surface area contributed by atoms with E-state index >= 15 is 0 Å². The molecule has 0 spiro atoms. The van der Waals surface area contributed by atoms with E-state index in [0.717, 1.165) is 0 Å². The van der Waals surface area contributed by atoms with Crippen LogP contribution in [0.3, 0.4) is 0 Å². The number of rotatable bonds is 5. The molecule has 0 saturated carbocycles. The first-order chi connectivity index (χ1) is 10.7. The largest absolute Gasteiger partial charge is 0.497 e. The Morgan fingerprint density at radius 2 is 2.00 bits per heavy atom. The molecule has 0 fully saturated rings. The van der Waals surface area contributed by atoms with Crippen molar-refractivity contribution in [2.45, 2.75) is 51.8 Å². The molecule has 1 atom stereocenters. The number of ketones is 1. The SMILES string of the molecule is COc1cc(F)c2c(c1)C(C(=O)CCC(=O)OC(C)(C)C)NC2. The second kappa shape index (κ2) is 6.66. The summed E-state index contributed by atoms with van der Waals surface area (Å²) in [6, 6.07) is 2.35. The molecule has 126 valence electrons. The zero-order chi connectivity index (χ0) is 17.2. The van der Waals surface area contributed by atoms with Crippen molar-refractivity contribution in [2.75, 3.05) is 7.11 Å². The quantitative estimate of drug-likeness (QED) is 0.844. The van der Waals surface area contributed by atoms with Gasteiger partial charge in [-0.2, -0.15) is 0 Å². The van der Waals surface area contributed by atoms with Crippen LogP contribution in [0.15, 0.2) is 12.1 Å². The van der Waals surface area contributed by atoms with Crippen molar-refractivity contribution in [2.24, 2.45) is 0 Å². The van der Waals surface area contributed by atoms with Gasteiger partial charge in [-0.15, -0.1) is 0 Å². The Morgan fingerprint density at radius 1 is 1.30 bits per heavy atom. The average molecular weight is 323 g/mol. The highest BCUT2D eigenvalue weighted by atomic mass is 19.1. The van der Waals surface area contributed by atoms with Crippen LogP contribution in [0.5, 0.6) is 5.75 Å². The number of methoxy groups -OCH3 is 1. The van der Waals surface area contributed by atoms with Crippen molar-refractivity contribution in [1.29, 1.82) is 0 Å². The summed E-state index contributed by atoms with van der Waals surface area (Å²) in [5, 5.41) is 2.99. The fraction of sp³-hybridized carbons (Fsp3) is 0.529. The average Bonchev–Trinajstić information content (AvgIpc) is 2.87. The molecule has 1 aliphatic heterocycles. The molecule has 0 amide bonds. The van der Waals surface area contributed by atoms with Crippen LogP contribution in [0.2, 0.25) is 0 Å². The van der Waals surface area contributed by atoms with Gasteiger partial charge in [0, 0.05) is 24.6 Å². The molecule has 0 aromatic heterocycles. The molecule has 2 rings (SSSR count). The maximum atomic E-state index is 14.0. The predicted octanol–water partition coefficient (Wildman–Crippen LogP) is 2.67. The lowest BCUT2D eigenvalue weighted by Gasteiger charge is -2.19. The zero-order valence-electron chi connectivity index (χ0n) is 13.9. The van der Waals surface area contributed by atoms with Crippen LogP contribution in [-0.4, -0.2) is 24.5 Å². The first kappa shape index (κ1) is 17.4. The Kier molecular flexibility index (Phi) is 5.04. The summed E-state index contributed by atoms with van der Waals surface area (Å²) < 4.78 is 24.2. The molecule has 0 radical (unpaired) electrons. The topological polar surface area (TPSA) is 64.6 Å². The number of esters is 1. The third kappa shape index (κ3) is 4.28. The van der Waals surface area contributed by atoms with E-state index < -0.39 is 23.4 Å². The number of ether oxygens (including phenoxy) is 2. The van der Waals surface area contributed by atoms with Gasteiger partial charge in [0.15, 0.2) is 5.78 Å². The van der Waals surface area contributed by atoms with Gasteiger partial charge in [-0.25, -0.2) is 4.39 Å². The van der Waals surface area contributed by atoms with Crippen molar-refractivity contribution in [3.05, 3.63) is 29.1 Å². The minimum atomic E-state index is -0.614. The fourth-order valence-corrected chi connectivity index (χ4v) is 2.56. The summed E-state index contributed by atoms with van der Waals surface area (Å²) in [6.45, 7) is 5.61. The van der Waals surface area contributed by atoms with Gasteiger partial charge >= 0.3 is 5.97 Å². The molecule has 23 heavy (non-hydrogen) atoms. The minimum absolute atomic E-state index is 0.00999. The van der Waals surface area contributed by atoms with Crippen LogP contribution < -0.4 is 10.1 Å². The normalized spacial score (nSPS) is 16.8. The van der Waals surface area contributed by atoms with E-state index in [1.807, 2.05) is 0 Å². The van der Waals surface area contributed by atoms with Gasteiger partial charge in [-0.1, -0.05) is 0 Å². The summed E-state index contributed by atoms with van der Waals surface area (Å²) in [6.07, 6.45) is 0.0565. The molecule has 0 aliphatic carbocycles. The molecule has 0 saturated heterocycles. The van der Waals surface area contributed by atoms with Gasteiger partial charge in [0.05, 0.1) is 19.6 Å². The van der Waals surface area contributed by atoms with E-state index in [2.05, 4.69) is 5.32 Å². The lowest BCUT2D eigenvalue weighted by atomic mass is 9.98. The molecule has 1 aromatic carbocycles. The van der Waals surface area contributed by atoms with Crippen LogP contribution in [0, 0.1) is 5.82 Å². The van der Waals surface area contributed by atoms with Crippen molar-refractivity contribution < 1.29 is 23.5 Å². The Labute approximate surface area is 135 Å². The molecule has 6 heteroatoms. The zero-order valence-corrected chi connectivity index (χ0v) is 13.9. The first-order valence-corrected chi connectivity index (χ1v) is 7.55. The molecule has 1 heterocycles. The van der Waals surface area contributed by atoms with Crippen molar-refractivity contribution in [3.63, 3.8) is 0 Å². The summed E-state index contributed by atoms with van der Waals surface area (Å²) in [7, 11) is 1.45. The Hall–Kier alpha value is -1.95.